The molecule has 9 heteroatoms. The van der Waals surface area contributed by atoms with Crippen LogP contribution in [0.25, 0.3) is 0 Å². The van der Waals surface area contributed by atoms with Crippen molar-refractivity contribution >= 4 is 44.0 Å². The van der Waals surface area contributed by atoms with Crippen molar-refractivity contribution in [2.75, 3.05) is 11.9 Å². The molecule has 0 saturated heterocycles. The van der Waals surface area contributed by atoms with Crippen LogP contribution in [-0.4, -0.2) is 36.2 Å². The van der Waals surface area contributed by atoms with Crippen LogP contribution in [0, 0.1) is 13.8 Å². The molecular formula is C17H22ClN3O3S2. The number of halogens is 1. The predicted molar refractivity (Wildman–Crippen MR) is 105 cm³/mol. The number of nitrogens with one attached hydrogen (secondary N) is 1. The zero-order valence-electron chi connectivity index (χ0n) is 15.1. The lowest BCUT2D eigenvalue weighted by Crippen LogP contribution is -2.43. The second-order valence-electron chi connectivity index (χ2n) is 5.97. The van der Waals surface area contributed by atoms with Gasteiger partial charge in [-0.1, -0.05) is 18.5 Å². The molecule has 1 aromatic carbocycles. The van der Waals surface area contributed by atoms with Gasteiger partial charge in [0.2, 0.25) is 15.9 Å². The van der Waals surface area contributed by atoms with Crippen LogP contribution in [0.4, 0.5) is 5.13 Å². The summed E-state index contributed by atoms with van der Waals surface area (Å²) in [6.07, 6.45) is 0.579. The van der Waals surface area contributed by atoms with E-state index in [1.54, 1.807) is 6.92 Å². The smallest absolute Gasteiger partial charge is 0.243 e. The van der Waals surface area contributed by atoms with E-state index in [-0.39, 0.29) is 17.5 Å². The first kappa shape index (κ1) is 20.8. The van der Waals surface area contributed by atoms with Crippen molar-refractivity contribution in [3.63, 3.8) is 0 Å². The van der Waals surface area contributed by atoms with E-state index in [1.807, 2.05) is 20.8 Å². The number of amides is 1. The average Bonchev–Trinajstić information content (AvgIpc) is 2.89. The lowest BCUT2D eigenvalue weighted by atomic mass is 10.2. The summed E-state index contributed by atoms with van der Waals surface area (Å²) in [6.45, 7) is 7.15. The highest BCUT2D eigenvalue weighted by molar-refractivity contribution is 7.89. The number of thiazole rings is 1. The van der Waals surface area contributed by atoms with Gasteiger partial charge >= 0.3 is 0 Å². The van der Waals surface area contributed by atoms with E-state index in [0.717, 1.165) is 10.6 Å². The van der Waals surface area contributed by atoms with Gasteiger partial charge in [-0.05, 0) is 51.5 Å². The van der Waals surface area contributed by atoms with Gasteiger partial charge in [0.25, 0.3) is 0 Å². The van der Waals surface area contributed by atoms with Crippen molar-refractivity contribution in [3.05, 3.63) is 39.9 Å². The van der Waals surface area contributed by atoms with E-state index in [0.29, 0.717) is 16.6 Å². The lowest BCUT2D eigenvalue weighted by molar-refractivity contribution is -0.116. The zero-order valence-corrected chi connectivity index (χ0v) is 17.5. The van der Waals surface area contributed by atoms with E-state index in [1.165, 1.54) is 39.9 Å². The molecule has 1 heterocycles. The first-order valence-corrected chi connectivity index (χ1v) is 10.8. The Kier molecular flexibility index (Phi) is 6.79. The van der Waals surface area contributed by atoms with Crippen molar-refractivity contribution in [1.29, 1.82) is 0 Å². The van der Waals surface area contributed by atoms with Crippen molar-refractivity contribution in [2.45, 2.75) is 45.1 Å². The van der Waals surface area contributed by atoms with E-state index >= 15 is 0 Å². The highest BCUT2D eigenvalue weighted by Crippen LogP contribution is 2.23. The first-order valence-electron chi connectivity index (χ1n) is 8.16. The van der Waals surface area contributed by atoms with Gasteiger partial charge in [-0.3, -0.25) is 4.79 Å². The molecule has 0 aliphatic carbocycles. The molecule has 142 valence electrons. The van der Waals surface area contributed by atoms with Gasteiger partial charge in [0.1, 0.15) is 0 Å². The highest BCUT2D eigenvalue weighted by Gasteiger charge is 2.30. The molecule has 0 spiro atoms. The summed E-state index contributed by atoms with van der Waals surface area (Å²) in [5.41, 5.74) is 0.845. The Labute approximate surface area is 163 Å². The standard InChI is InChI=1S/C17H22ClN3O3S2/c1-5-11(2)21(26(23,24)15-8-6-14(18)7-9-15)10-16(22)20-17-19-12(3)13(4)25-17/h6-9,11H,5,10H2,1-4H3,(H,19,20,22). The van der Waals surface area contributed by atoms with Crippen molar-refractivity contribution in [1.82, 2.24) is 9.29 Å². The van der Waals surface area contributed by atoms with Crippen LogP contribution < -0.4 is 5.32 Å². The van der Waals surface area contributed by atoms with E-state index in [9.17, 15) is 13.2 Å². The second-order valence-corrected chi connectivity index (χ2v) is 9.50. The quantitative estimate of drug-likeness (QED) is 0.744. The van der Waals surface area contributed by atoms with Crippen LogP contribution in [0.2, 0.25) is 5.02 Å². The van der Waals surface area contributed by atoms with Crippen LogP contribution >= 0.6 is 22.9 Å². The van der Waals surface area contributed by atoms with Gasteiger partial charge in [-0.15, -0.1) is 11.3 Å². The second kappa shape index (κ2) is 8.47. The predicted octanol–water partition coefficient (Wildman–Crippen LogP) is 3.84. The van der Waals surface area contributed by atoms with Gasteiger partial charge in [-0.25, -0.2) is 13.4 Å². The van der Waals surface area contributed by atoms with Crippen LogP contribution in [0.5, 0.6) is 0 Å². The molecule has 0 bridgehead atoms. The number of rotatable bonds is 7. The minimum Gasteiger partial charge on any atom is -0.301 e. The SMILES string of the molecule is CCC(C)N(CC(=O)Nc1nc(C)c(C)s1)S(=O)(=O)c1ccc(Cl)cc1. The molecule has 0 saturated carbocycles. The third-order valence-electron chi connectivity index (χ3n) is 4.08. The maximum absolute atomic E-state index is 13.0. The summed E-state index contributed by atoms with van der Waals surface area (Å²) in [5, 5.41) is 3.61. The van der Waals surface area contributed by atoms with Gasteiger partial charge in [-0.2, -0.15) is 4.31 Å². The lowest BCUT2D eigenvalue weighted by Gasteiger charge is -2.27. The third-order valence-corrected chi connectivity index (χ3v) is 7.29. The average molecular weight is 416 g/mol. The van der Waals surface area contributed by atoms with Crippen LogP contribution in [0.15, 0.2) is 29.2 Å². The molecule has 1 amide bonds. The molecule has 2 aromatic rings. The molecule has 0 fully saturated rings. The molecule has 1 atom stereocenters. The maximum atomic E-state index is 13.0. The zero-order chi connectivity index (χ0) is 19.5. The third kappa shape index (κ3) is 4.82. The largest absolute Gasteiger partial charge is 0.301 e. The van der Waals surface area contributed by atoms with E-state index < -0.39 is 15.9 Å². The van der Waals surface area contributed by atoms with Gasteiger partial charge in [0.15, 0.2) is 5.13 Å². The molecule has 2 rings (SSSR count). The van der Waals surface area contributed by atoms with E-state index in [2.05, 4.69) is 10.3 Å². The van der Waals surface area contributed by atoms with E-state index in [4.69, 9.17) is 11.6 Å². The Morgan fingerprint density at radius 2 is 1.92 bits per heavy atom. The minimum atomic E-state index is -3.82. The fourth-order valence-corrected chi connectivity index (χ4v) is 4.87. The van der Waals surface area contributed by atoms with Crippen LogP contribution in [0.1, 0.15) is 30.8 Å². The number of nitrogens with zero attached hydrogens (tertiary/aromatic N) is 2. The number of sulfonamides is 1. The van der Waals surface area contributed by atoms with Gasteiger partial charge in [0.05, 0.1) is 17.1 Å². The van der Waals surface area contributed by atoms with Crippen molar-refractivity contribution in [2.24, 2.45) is 0 Å². The molecule has 1 unspecified atom stereocenters. The normalized spacial score (nSPS) is 13.0. The Hall–Kier alpha value is -1.48. The van der Waals surface area contributed by atoms with Crippen molar-refractivity contribution < 1.29 is 13.2 Å². The fourth-order valence-electron chi connectivity index (χ4n) is 2.25. The molecule has 1 N–H and O–H groups in total. The molecule has 0 aliphatic heterocycles. The Morgan fingerprint density at radius 3 is 2.42 bits per heavy atom. The molecular weight excluding hydrogens is 394 g/mol. The number of aromatic nitrogens is 1. The number of carbonyl (C=O) groups excluding carboxylic acids is 1. The van der Waals surface area contributed by atoms with Gasteiger partial charge < -0.3 is 5.32 Å². The Balaban J connectivity index is 2.23. The number of benzene rings is 1. The van der Waals surface area contributed by atoms with Crippen LogP contribution in [-0.2, 0) is 14.8 Å². The topological polar surface area (TPSA) is 79.4 Å². The number of anilines is 1. The summed E-state index contributed by atoms with van der Waals surface area (Å²) in [5.74, 6) is -0.420. The molecule has 0 aliphatic rings. The Bertz CT molecular complexity index is 860. The van der Waals surface area contributed by atoms with Gasteiger partial charge in [0, 0.05) is 15.9 Å². The number of hydrogen-bond acceptors (Lipinski definition) is 5. The first-order chi connectivity index (χ1) is 12.1. The summed E-state index contributed by atoms with van der Waals surface area (Å²) in [4.78, 5) is 17.8. The van der Waals surface area contributed by atoms with Crippen LogP contribution in [0.3, 0.4) is 0 Å². The molecule has 0 radical (unpaired) electrons. The summed E-state index contributed by atoms with van der Waals surface area (Å²) in [6, 6.07) is 5.59. The highest BCUT2D eigenvalue weighted by atomic mass is 35.5. The molecule has 1 aromatic heterocycles. The monoisotopic (exact) mass is 415 g/mol. The summed E-state index contributed by atoms with van der Waals surface area (Å²) >= 11 is 7.21. The Morgan fingerprint density at radius 1 is 1.31 bits per heavy atom. The molecule has 26 heavy (non-hydrogen) atoms. The fraction of sp³-hybridized carbons (Fsp3) is 0.412. The van der Waals surface area contributed by atoms with Crippen molar-refractivity contribution in [3.8, 4) is 0 Å². The number of carbonyl (C=O) groups is 1. The summed E-state index contributed by atoms with van der Waals surface area (Å²) in [7, 11) is -3.82. The minimum absolute atomic E-state index is 0.107. The summed E-state index contributed by atoms with van der Waals surface area (Å²) < 4.78 is 27.2. The number of aryl methyl sites for hydroxylation is 2. The number of hydrogen-bond donors (Lipinski definition) is 1. The molecule has 6 nitrogen and oxygen atoms in total. The maximum Gasteiger partial charge on any atom is 0.243 e.